The predicted molar refractivity (Wildman–Crippen MR) is 94.5 cm³/mol. The van der Waals surface area contributed by atoms with Crippen molar-refractivity contribution < 1.29 is 22.8 Å². The molecule has 0 radical (unpaired) electrons. The summed E-state index contributed by atoms with van der Waals surface area (Å²) in [6.45, 7) is 5.84. The molecule has 1 unspecified atom stereocenters. The third kappa shape index (κ3) is 4.78. The van der Waals surface area contributed by atoms with Crippen LogP contribution in [0.5, 0.6) is 0 Å². The second-order valence-corrected chi connectivity index (χ2v) is 6.96. The normalized spacial score (nSPS) is 21.3. The summed E-state index contributed by atoms with van der Waals surface area (Å²) in [5.74, 6) is -0.932. The summed E-state index contributed by atoms with van der Waals surface area (Å²) in [6.07, 6.45) is -3.79. The number of anilines is 1. The topological polar surface area (TPSA) is 64.7 Å². The van der Waals surface area contributed by atoms with E-state index in [0.29, 0.717) is 13.1 Å². The minimum Gasteiger partial charge on any atom is -0.337 e. The van der Waals surface area contributed by atoms with E-state index in [1.807, 2.05) is 0 Å². The Morgan fingerprint density at radius 2 is 1.85 bits per heavy atom. The smallest absolute Gasteiger partial charge is 0.337 e. The lowest BCUT2D eigenvalue weighted by molar-refractivity contribution is -0.137. The first kappa shape index (κ1) is 19.6. The summed E-state index contributed by atoms with van der Waals surface area (Å²) >= 11 is 0. The van der Waals surface area contributed by atoms with Crippen molar-refractivity contribution in [2.75, 3.05) is 44.6 Å². The third-order valence-corrected chi connectivity index (χ3v) is 4.95. The molecule has 1 aromatic rings. The van der Waals surface area contributed by atoms with Crippen LogP contribution in [0.15, 0.2) is 18.2 Å². The highest BCUT2D eigenvalue weighted by Gasteiger charge is 2.34. The van der Waals surface area contributed by atoms with E-state index in [-0.39, 0.29) is 17.3 Å². The molecule has 0 aromatic heterocycles. The zero-order valence-electron chi connectivity index (χ0n) is 15.1. The van der Waals surface area contributed by atoms with Gasteiger partial charge in [0.25, 0.3) is 5.91 Å². The van der Waals surface area contributed by atoms with Gasteiger partial charge in [0.1, 0.15) is 0 Å². The van der Waals surface area contributed by atoms with Crippen molar-refractivity contribution in [3.05, 3.63) is 29.3 Å². The van der Waals surface area contributed by atoms with E-state index < -0.39 is 23.6 Å². The lowest BCUT2D eigenvalue weighted by Crippen LogP contribution is -2.49. The van der Waals surface area contributed by atoms with Crippen molar-refractivity contribution in [2.45, 2.75) is 25.6 Å². The van der Waals surface area contributed by atoms with Crippen molar-refractivity contribution in [1.82, 2.24) is 15.1 Å². The van der Waals surface area contributed by atoms with Gasteiger partial charge in [-0.25, -0.2) is 0 Å². The maximum atomic E-state index is 13.2. The molecule has 1 atom stereocenters. The Balaban J connectivity index is 1.78. The third-order valence-electron chi connectivity index (χ3n) is 4.95. The summed E-state index contributed by atoms with van der Waals surface area (Å²) in [7, 11) is 0. The monoisotopic (exact) mass is 384 g/mol. The van der Waals surface area contributed by atoms with Crippen molar-refractivity contribution in [3.63, 3.8) is 0 Å². The van der Waals surface area contributed by atoms with Gasteiger partial charge in [-0.05, 0) is 24.6 Å². The van der Waals surface area contributed by atoms with Crippen LogP contribution in [0.1, 0.15) is 29.3 Å². The fourth-order valence-corrected chi connectivity index (χ4v) is 3.64. The van der Waals surface area contributed by atoms with Crippen LogP contribution in [0.2, 0.25) is 0 Å². The van der Waals surface area contributed by atoms with E-state index in [9.17, 15) is 22.8 Å². The number of alkyl halides is 3. The number of hydrogen-bond donors (Lipinski definition) is 2. The number of piperazine rings is 1. The molecule has 0 bridgehead atoms. The van der Waals surface area contributed by atoms with Gasteiger partial charge in [-0.3, -0.25) is 14.5 Å². The molecule has 148 valence electrons. The van der Waals surface area contributed by atoms with Gasteiger partial charge in [0.2, 0.25) is 5.91 Å². The number of carbonyl (C=O) groups excluding carboxylic acids is 2. The number of halogens is 3. The van der Waals surface area contributed by atoms with Crippen LogP contribution in [-0.4, -0.2) is 66.9 Å². The molecule has 2 aliphatic heterocycles. The predicted octanol–water partition coefficient (Wildman–Crippen LogP) is 1.78. The van der Waals surface area contributed by atoms with Gasteiger partial charge in [0.15, 0.2) is 0 Å². The minimum atomic E-state index is -4.60. The Morgan fingerprint density at radius 1 is 1.15 bits per heavy atom. The zero-order chi connectivity index (χ0) is 19.6. The maximum absolute atomic E-state index is 13.2. The molecule has 27 heavy (non-hydrogen) atoms. The van der Waals surface area contributed by atoms with Crippen molar-refractivity contribution in [1.29, 1.82) is 0 Å². The van der Waals surface area contributed by atoms with Gasteiger partial charge >= 0.3 is 6.18 Å². The first-order valence-electron chi connectivity index (χ1n) is 8.98. The zero-order valence-corrected chi connectivity index (χ0v) is 15.1. The molecule has 1 aromatic carbocycles. The van der Waals surface area contributed by atoms with Crippen LogP contribution < -0.4 is 10.6 Å². The van der Waals surface area contributed by atoms with E-state index >= 15 is 0 Å². The second-order valence-electron chi connectivity index (χ2n) is 6.96. The quantitative estimate of drug-likeness (QED) is 0.834. The Bertz CT molecular complexity index is 717. The second kappa shape index (κ2) is 7.85. The van der Waals surface area contributed by atoms with Gasteiger partial charge in [-0.15, -0.1) is 0 Å². The molecule has 2 heterocycles. The standard InChI is InChI=1S/C18H23F3N4O2/c1-12(26)23-15-9-13(8-14(10-15)18(19,20)21)17(27)25-5-2-16(11-25)24-6-3-22-4-7-24/h8-10,16,22H,2-7,11H2,1H3,(H,23,26). The SMILES string of the molecule is CC(=O)Nc1cc(C(=O)N2CCC(N3CCNCC3)C2)cc(C(F)(F)F)c1. The molecule has 0 spiro atoms. The molecule has 2 saturated heterocycles. The molecular weight excluding hydrogens is 361 g/mol. The van der Waals surface area contributed by atoms with Crippen molar-refractivity contribution in [2.24, 2.45) is 0 Å². The number of likely N-dealkylation sites (tertiary alicyclic amines) is 1. The lowest BCUT2D eigenvalue weighted by Gasteiger charge is -2.32. The highest BCUT2D eigenvalue weighted by atomic mass is 19.4. The largest absolute Gasteiger partial charge is 0.416 e. The number of nitrogens with one attached hydrogen (secondary N) is 2. The summed E-state index contributed by atoms with van der Waals surface area (Å²) < 4.78 is 39.5. The Kier molecular flexibility index (Phi) is 5.71. The van der Waals surface area contributed by atoms with Gasteiger partial charge in [-0.1, -0.05) is 0 Å². The minimum absolute atomic E-state index is 0.0291. The fraction of sp³-hybridized carbons (Fsp3) is 0.556. The maximum Gasteiger partial charge on any atom is 0.416 e. The molecule has 6 nitrogen and oxygen atoms in total. The van der Waals surface area contributed by atoms with Crippen LogP contribution in [0.3, 0.4) is 0 Å². The van der Waals surface area contributed by atoms with Gasteiger partial charge in [0, 0.05) is 63.5 Å². The van der Waals surface area contributed by atoms with Crippen molar-refractivity contribution in [3.8, 4) is 0 Å². The molecule has 0 saturated carbocycles. The fourth-order valence-electron chi connectivity index (χ4n) is 3.64. The average Bonchev–Trinajstić information content (AvgIpc) is 3.10. The Hall–Kier alpha value is -2.13. The van der Waals surface area contributed by atoms with E-state index in [1.165, 1.54) is 13.0 Å². The highest BCUT2D eigenvalue weighted by Crippen LogP contribution is 2.32. The number of hydrogen-bond acceptors (Lipinski definition) is 4. The number of carbonyl (C=O) groups is 2. The summed E-state index contributed by atoms with van der Waals surface area (Å²) in [5, 5.41) is 5.62. The van der Waals surface area contributed by atoms with Crippen molar-refractivity contribution >= 4 is 17.5 Å². The van der Waals surface area contributed by atoms with E-state index in [2.05, 4.69) is 15.5 Å². The number of rotatable bonds is 3. The number of amides is 2. The first-order chi connectivity index (χ1) is 12.7. The average molecular weight is 384 g/mol. The summed E-state index contributed by atoms with van der Waals surface area (Å²) in [6, 6.07) is 3.23. The van der Waals surface area contributed by atoms with Gasteiger partial charge in [0.05, 0.1) is 5.56 Å². The Labute approximate surface area is 155 Å². The molecule has 3 rings (SSSR count). The molecule has 2 aliphatic rings. The van der Waals surface area contributed by atoms with E-state index in [4.69, 9.17) is 0 Å². The Morgan fingerprint density at radius 3 is 2.48 bits per heavy atom. The van der Waals surface area contributed by atoms with Gasteiger partial charge in [-0.2, -0.15) is 13.2 Å². The first-order valence-corrected chi connectivity index (χ1v) is 8.98. The molecule has 2 fully saturated rings. The van der Waals surface area contributed by atoms with Gasteiger partial charge < -0.3 is 15.5 Å². The molecule has 2 N–H and O–H groups in total. The van der Waals surface area contributed by atoms with Crippen LogP contribution >= 0.6 is 0 Å². The van der Waals surface area contributed by atoms with E-state index in [1.54, 1.807) is 4.90 Å². The number of benzene rings is 1. The molecular formula is C18H23F3N4O2. The van der Waals surface area contributed by atoms with Crippen LogP contribution in [-0.2, 0) is 11.0 Å². The summed E-state index contributed by atoms with van der Waals surface area (Å²) in [4.78, 5) is 28.0. The molecule has 0 aliphatic carbocycles. The molecule has 9 heteroatoms. The molecule has 2 amide bonds. The van der Waals surface area contributed by atoms with Crippen LogP contribution in [0, 0.1) is 0 Å². The lowest BCUT2D eigenvalue weighted by atomic mass is 10.1. The van der Waals surface area contributed by atoms with Crippen LogP contribution in [0.25, 0.3) is 0 Å². The van der Waals surface area contributed by atoms with Crippen LogP contribution in [0.4, 0.5) is 18.9 Å². The highest BCUT2D eigenvalue weighted by molar-refractivity contribution is 5.97. The number of nitrogens with zero attached hydrogens (tertiary/aromatic N) is 2. The van der Waals surface area contributed by atoms with E-state index in [0.717, 1.165) is 44.7 Å². The summed E-state index contributed by atoms with van der Waals surface area (Å²) in [5.41, 5.74) is -1.04.